The summed E-state index contributed by atoms with van der Waals surface area (Å²) in [5, 5.41) is 0. The molecule has 20 heavy (non-hydrogen) atoms. The molecule has 0 saturated carbocycles. The lowest BCUT2D eigenvalue weighted by Gasteiger charge is -2.42. The van der Waals surface area contributed by atoms with Crippen LogP contribution in [0.3, 0.4) is 0 Å². The van der Waals surface area contributed by atoms with Crippen LogP contribution in [-0.4, -0.2) is 51.0 Å². The van der Waals surface area contributed by atoms with Crippen molar-refractivity contribution in [1.82, 2.24) is 19.3 Å². The largest absolute Gasteiger partial charge is 0.382 e. The van der Waals surface area contributed by atoms with E-state index in [0.717, 1.165) is 24.6 Å². The highest BCUT2D eigenvalue weighted by Gasteiger charge is 2.35. The fourth-order valence-corrected chi connectivity index (χ4v) is 3.61. The molecule has 6 heteroatoms. The normalized spacial score (nSPS) is 27.1. The van der Waals surface area contributed by atoms with Crippen molar-refractivity contribution in [2.75, 3.05) is 30.3 Å². The van der Waals surface area contributed by atoms with Gasteiger partial charge in [-0.2, -0.15) is 0 Å². The number of hydrogen-bond donors (Lipinski definition) is 1. The minimum absolute atomic E-state index is 0.444. The number of fused-ring (bicyclic) bond motifs is 2. The molecule has 2 aromatic rings. The van der Waals surface area contributed by atoms with Gasteiger partial charge in [-0.05, 0) is 26.3 Å². The molecular formula is C14H20N6. The minimum Gasteiger partial charge on any atom is -0.382 e. The lowest BCUT2D eigenvalue weighted by molar-refractivity contribution is 0.202. The molecule has 0 aliphatic carbocycles. The van der Waals surface area contributed by atoms with Crippen LogP contribution in [0.4, 0.5) is 11.6 Å². The lowest BCUT2D eigenvalue weighted by atomic mass is 10.1. The number of nitrogens with zero attached hydrogens (tertiary/aromatic N) is 5. The number of nitrogen functional groups attached to an aromatic ring is 1. The Bertz CT molecular complexity index is 636. The Morgan fingerprint density at radius 1 is 1.35 bits per heavy atom. The van der Waals surface area contributed by atoms with Crippen molar-refractivity contribution in [2.45, 2.75) is 31.8 Å². The Labute approximate surface area is 118 Å². The van der Waals surface area contributed by atoms with Crippen LogP contribution in [0, 0.1) is 0 Å². The Hall–Kier alpha value is -1.82. The smallest absolute Gasteiger partial charge is 0.180 e. The molecule has 0 spiro atoms. The highest BCUT2D eigenvalue weighted by atomic mass is 15.3. The zero-order valence-electron chi connectivity index (χ0n) is 11.7. The first-order valence-corrected chi connectivity index (χ1v) is 7.32. The molecule has 0 bridgehead atoms. The molecule has 0 radical (unpaired) electrons. The van der Waals surface area contributed by atoms with Crippen LogP contribution in [0.5, 0.6) is 0 Å². The molecule has 106 valence electrons. The van der Waals surface area contributed by atoms with Crippen LogP contribution < -0.4 is 10.6 Å². The predicted molar refractivity (Wildman–Crippen MR) is 78.8 cm³/mol. The molecule has 0 aromatic carbocycles. The van der Waals surface area contributed by atoms with Gasteiger partial charge in [0.05, 0.1) is 6.20 Å². The van der Waals surface area contributed by atoms with Crippen LogP contribution in [0.15, 0.2) is 18.6 Å². The second kappa shape index (κ2) is 4.34. The van der Waals surface area contributed by atoms with Crippen molar-refractivity contribution in [2.24, 2.45) is 0 Å². The molecular weight excluding hydrogens is 252 g/mol. The van der Waals surface area contributed by atoms with Gasteiger partial charge in [0.2, 0.25) is 0 Å². The molecule has 2 unspecified atom stereocenters. The van der Waals surface area contributed by atoms with Gasteiger partial charge in [-0.1, -0.05) is 0 Å². The van der Waals surface area contributed by atoms with E-state index in [-0.39, 0.29) is 0 Å². The van der Waals surface area contributed by atoms with Gasteiger partial charge in [-0.3, -0.25) is 4.90 Å². The minimum atomic E-state index is 0.444. The first-order valence-electron chi connectivity index (χ1n) is 7.32. The van der Waals surface area contributed by atoms with Crippen molar-refractivity contribution in [3.05, 3.63) is 18.6 Å². The summed E-state index contributed by atoms with van der Waals surface area (Å²) in [6.45, 7) is 5.64. The van der Waals surface area contributed by atoms with Gasteiger partial charge in [0.25, 0.3) is 0 Å². The number of nitrogens with two attached hydrogens (primary N) is 1. The molecule has 2 saturated heterocycles. The maximum Gasteiger partial charge on any atom is 0.180 e. The third-order valence-electron chi connectivity index (χ3n) is 4.58. The van der Waals surface area contributed by atoms with Crippen LogP contribution in [0.1, 0.15) is 19.8 Å². The van der Waals surface area contributed by atoms with Gasteiger partial charge < -0.3 is 15.0 Å². The molecule has 4 heterocycles. The third-order valence-corrected chi connectivity index (χ3v) is 4.58. The molecule has 2 aliphatic rings. The van der Waals surface area contributed by atoms with Crippen molar-refractivity contribution in [3.63, 3.8) is 0 Å². The highest BCUT2D eigenvalue weighted by Crippen LogP contribution is 2.29. The molecule has 4 rings (SSSR count). The first kappa shape index (κ1) is 12.0. The van der Waals surface area contributed by atoms with Crippen molar-refractivity contribution < 1.29 is 0 Å². The van der Waals surface area contributed by atoms with Crippen molar-refractivity contribution in [1.29, 1.82) is 0 Å². The number of anilines is 2. The zero-order chi connectivity index (χ0) is 13.7. The molecule has 2 atom stereocenters. The zero-order valence-corrected chi connectivity index (χ0v) is 11.7. The lowest BCUT2D eigenvalue weighted by Crippen LogP contribution is -2.55. The van der Waals surface area contributed by atoms with Gasteiger partial charge in [0, 0.05) is 37.6 Å². The summed E-state index contributed by atoms with van der Waals surface area (Å²) in [4.78, 5) is 14.0. The van der Waals surface area contributed by atoms with E-state index in [4.69, 9.17) is 5.73 Å². The standard InChI is InChI=1S/C14H20N6/c1-10-7-18-5-2-3-11(18)8-20(10)14-13-16-4-6-19(13)9-12(15)17-14/h4,6,9-11H,2-3,5,7-8,15H2,1H3. The fraction of sp³-hybridized carbons (Fsp3) is 0.571. The molecule has 2 aliphatic heterocycles. The average Bonchev–Trinajstić information content (AvgIpc) is 3.04. The van der Waals surface area contributed by atoms with E-state index in [9.17, 15) is 0 Å². The fourth-order valence-electron chi connectivity index (χ4n) is 3.61. The van der Waals surface area contributed by atoms with E-state index in [2.05, 4.69) is 26.7 Å². The summed E-state index contributed by atoms with van der Waals surface area (Å²) < 4.78 is 1.96. The topological polar surface area (TPSA) is 62.7 Å². The van der Waals surface area contributed by atoms with Gasteiger partial charge in [-0.15, -0.1) is 0 Å². The van der Waals surface area contributed by atoms with Crippen molar-refractivity contribution >= 4 is 17.3 Å². The number of aromatic nitrogens is 3. The van der Waals surface area contributed by atoms with E-state index < -0.39 is 0 Å². The second-order valence-electron chi connectivity index (χ2n) is 5.94. The number of piperazine rings is 1. The number of hydrogen-bond acceptors (Lipinski definition) is 5. The van der Waals surface area contributed by atoms with Gasteiger partial charge >= 0.3 is 0 Å². The summed E-state index contributed by atoms with van der Waals surface area (Å²) in [6, 6.07) is 1.10. The molecule has 6 nitrogen and oxygen atoms in total. The van der Waals surface area contributed by atoms with Gasteiger partial charge in [0.15, 0.2) is 11.5 Å². The Kier molecular flexibility index (Phi) is 2.60. The van der Waals surface area contributed by atoms with Gasteiger partial charge in [-0.25, -0.2) is 9.97 Å². The highest BCUT2D eigenvalue weighted by molar-refractivity contribution is 5.67. The summed E-state index contributed by atoms with van der Waals surface area (Å²) in [5.74, 6) is 1.47. The van der Waals surface area contributed by atoms with Crippen LogP contribution >= 0.6 is 0 Å². The van der Waals surface area contributed by atoms with E-state index in [1.165, 1.54) is 19.4 Å². The molecule has 0 amide bonds. The average molecular weight is 272 g/mol. The Morgan fingerprint density at radius 3 is 3.15 bits per heavy atom. The molecule has 2 aromatic heterocycles. The molecule has 2 fully saturated rings. The Morgan fingerprint density at radius 2 is 2.25 bits per heavy atom. The van der Waals surface area contributed by atoms with E-state index in [1.807, 2.05) is 16.8 Å². The van der Waals surface area contributed by atoms with Crippen LogP contribution in [-0.2, 0) is 0 Å². The van der Waals surface area contributed by atoms with Crippen molar-refractivity contribution in [3.8, 4) is 0 Å². The summed E-state index contributed by atoms with van der Waals surface area (Å²) >= 11 is 0. The Balaban J connectivity index is 1.76. The quantitative estimate of drug-likeness (QED) is 0.838. The van der Waals surface area contributed by atoms with Crippen LogP contribution in [0.25, 0.3) is 5.65 Å². The number of imidazole rings is 1. The van der Waals surface area contributed by atoms with E-state index in [1.54, 1.807) is 6.20 Å². The SMILES string of the molecule is CC1CN2CCCC2CN1c1nc(N)cn2ccnc12. The second-order valence-corrected chi connectivity index (χ2v) is 5.94. The maximum atomic E-state index is 5.95. The monoisotopic (exact) mass is 272 g/mol. The summed E-state index contributed by atoms with van der Waals surface area (Å²) in [5.41, 5.74) is 6.85. The number of rotatable bonds is 1. The predicted octanol–water partition coefficient (Wildman–Crippen LogP) is 0.984. The summed E-state index contributed by atoms with van der Waals surface area (Å²) in [6.07, 6.45) is 8.15. The third kappa shape index (κ3) is 1.75. The van der Waals surface area contributed by atoms with E-state index >= 15 is 0 Å². The maximum absolute atomic E-state index is 5.95. The van der Waals surface area contributed by atoms with Gasteiger partial charge in [0.1, 0.15) is 5.82 Å². The molecule has 2 N–H and O–H groups in total. The van der Waals surface area contributed by atoms with E-state index in [0.29, 0.717) is 17.9 Å². The first-order chi connectivity index (χ1) is 9.72. The van der Waals surface area contributed by atoms with Crippen LogP contribution in [0.2, 0.25) is 0 Å². The summed E-state index contributed by atoms with van der Waals surface area (Å²) in [7, 11) is 0.